The maximum atomic E-state index is 14.0. The van der Waals surface area contributed by atoms with E-state index in [0.29, 0.717) is 17.8 Å². The van der Waals surface area contributed by atoms with E-state index in [2.05, 4.69) is 0 Å². The van der Waals surface area contributed by atoms with Gasteiger partial charge in [0.15, 0.2) is 0 Å². The molecule has 156 valence electrons. The molecule has 0 aliphatic carbocycles. The van der Waals surface area contributed by atoms with Gasteiger partial charge in [-0.15, -0.1) is 0 Å². The van der Waals surface area contributed by atoms with Crippen LogP contribution in [0.15, 0.2) is 78.9 Å². The van der Waals surface area contributed by atoms with Gasteiger partial charge in [-0.05, 0) is 35.9 Å². The van der Waals surface area contributed by atoms with Crippen molar-refractivity contribution < 1.29 is 17.6 Å². The summed E-state index contributed by atoms with van der Waals surface area (Å²) < 4.78 is 39.8. The third-order valence-corrected chi connectivity index (χ3v) is 5.82. The highest BCUT2D eigenvalue weighted by molar-refractivity contribution is 7.92. The molecule has 0 fully saturated rings. The molecule has 0 unspecified atom stereocenters. The molecule has 0 heterocycles. The molecular weight excluding hydrogens is 403 g/mol. The number of anilines is 1. The number of rotatable bonds is 7. The quantitative estimate of drug-likeness (QED) is 0.572. The van der Waals surface area contributed by atoms with Crippen molar-refractivity contribution in [3.63, 3.8) is 0 Å². The Kier molecular flexibility index (Phi) is 6.52. The van der Waals surface area contributed by atoms with Gasteiger partial charge in [-0.1, -0.05) is 48.5 Å². The number of carbonyl (C=O) groups excluding carboxylic acids is 1. The van der Waals surface area contributed by atoms with Gasteiger partial charge in [0.25, 0.3) is 5.91 Å². The number of benzene rings is 3. The molecule has 0 radical (unpaired) electrons. The fourth-order valence-corrected chi connectivity index (χ4v) is 3.98. The average molecular weight is 427 g/mol. The number of hydrogen-bond donors (Lipinski definition) is 0. The molecule has 0 atom stereocenters. The van der Waals surface area contributed by atoms with Crippen LogP contribution in [0.4, 0.5) is 10.1 Å². The Morgan fingerprint density at radius 3 is 2.07 bits per heavy atom. The Morgan fingerprint density at radius 2 is 1.47 bits per heavy atom. The summed E-state index contributed by atoms with van der Waals surface area (Å²) in [6.45, 7) is 0.330. The molecule has 30 heavy (non-hydrogen) atoms. The SMILES string of the molecule is CN(Cc1ccccc1)C(=O)c1ccc(N(Cc2ccccc2F)S(C)(=O)=O)cc1. The molecule has 0 aliphatic rings. The second kappa shape index (κ2) is 9.09. The highest BCUT2D eigenvalue weighted by Crippen LogP contribution is 2.23. The Bertz CT molecular complexity index is 1120. The Morgan fingerprint density at radius 1 is 0.867 bits per heavy atom. The van der Waals surface area contributed by atoms with Crippen LogP contribution in [0.3, 0.4) is 0 Å². The molecular formula is C23H23FN2O3S. The van der Waals surface area contributed by atoms with Crippen LogP contribution < -0.4 is 4.31 Å². The standard InChI is InChI=1S/C23H23FN2O3S/c1-25(16-18-8-4-3-5-9-18)23(27)19-12-14-21(15-13-19)26(30(2,28)29)17-20-10-6-7-11-22(20)24/h3-15H,16-17H2,1-2H3. The fourth-order valence-electron chi connectivity index (χ4n) is 3.10. The average Bonchev–Trinajstić information content (AvgIpc) is 2.72. The van der Waals surface area contributed by atoms with E-state index in [1.165, 1.54) is 6.07 Å². The first-order valence-electron chi connectivity index (χ1n) is 9.36. The monoisotopic (exact) mass is 426 g/mol. The van der Waals surface area contributed by atoms with Gasteiger partial charge in [0.05, 0.1) is 18.5 Å². The van der Waals surface area contributed by atoms with E-state index in [1.54, 1.807) is 54.4 Å². The summed E-state index contributed by atoms with van der Waals surface area (Å²) in [7, 11) is -1.94. The van der Waals surface area contributed by atoms with Gasteiger partial charge in [-0.25, -0.2) is 12.8 Å². The minimum atomic E-state index is -3.65. The number of carbonyl (C=O) groups is 1. The first-order chi connectivity index (χ1) is 14.3. The molecule has 0 aromatic heterocycles. The van der Waals surface area contributed by atoms with E-state index < -0.39 is 15.8 Å². The maximum absolute atomic E-state index is 14.0. The zero-order chi connectivity index (χ0) is 21.7. The molecule has 5 nitrogen and oxygen atoms in total. The second-order valence-corrected chi connectivity index (χ2v) is 8.96. The number of hydrogen-bond acceptors (Lipinski definition) is 3. The van der Waals surface area contributed by atoms with Gasteiger partial charge in [-0.2, -0.15) is 0 Å². The molecule has 0 bridgehead atoms. The molecule has 0 aliphatic heterocycles. The summed E-state index contributed by atoms with van der Waals surface area (Å²) in [4.78, 5) is 14.3. The van der Waals surface area contributed by atoms with E-state index in [4.69, 9.17) is 0 Å². The lowest BCUT2D eigenvalue weighted by Crippen LogP contribution is -2.30. The lowest BCUT2D eigenvalue weighted by Gasteiger charge is -2.23. The summed E-state index contributed by atoms with van der Waals surface area (Å²) >= 11 is 0. The topological polar surface area (TPSA) is 57.7 Å². The number of sulfonamides is 1. The number of halogens is 1. The first-order valence-corrected chi connectivity index (χ1v) is 11.2. The van der Waals surface area contributed by atoms with E-state index in [1.807, 2.05) is 30.3 Å². The van der Waals surface area contributed by atoms with Gasteiger partial charge < -0.3 is 4.90 Å². The fraction of sp³-hybridized carbons (Fsp3) is 0.174. The lowest BCUT2D eigenvalue weighted by molar-refractivity contribution is 0.0785. The van der Waals surface area contributed by atoms with Crippen molar-refractivity contribution in [2.75, 3.05) is 17.6 Å². The van der Waals surface area contributed by atoms with Gasteiger partial charge in [0, 0.05) is 24.7 Å². The van der Waals surface area contributed by atoms with Crippen molar-refractivity contribution in [2.24, 2.45) is 0 Å². The molecule has 3 rings (SSSR count). The minimum absolute atomic E-state index is 0.132. The molecule has 7 heteroatoms. The Labute approximate surface area is 176 Å². The minimum Gasteiger partial charge on any atom is -0.337 e. The highest BCUT2D eigenvalue weighted by Gasteiger charge is 2.20. The smallest absolute Gasteiger partial charge is 0.253 e. The third-order valence-electron chi connectivity index (χ3n) is 4.68. The van der Waals surface area contributed by atoms with Crippen LogP contribution >= 0.6 is 0 Å². The van der Waals surface area contributed by atoms with Crippen molar-refractivity contribution in [3.8, 4) is 0 Å². The first kappa shape index (κ1) is 21.5. The van der Waals surface area contributed by atoms with Crippen molar-refractivity contribution in [3.05, 3.63) is 101 Å². The predicted octanol–water partition coefficient (Wildman–Crippen LogP) is 4.06. The van der Waals surface area contributed by atoms with Crippen molar-refractivity contribution >= 4 is 21.6 Å². The van der Waals surface area contributed by atoms with E-state index in [9.17, 15) is 17.6 Å². The molecule has 0 spiro atoms. The maximum Gasteiger partial charge on any atom is 0.253 e. The molecule has 0 saturated heterocycles. The summed E-state index contributed by atoms with van der Waals surface area (Å²) in [5.74, 6) is -0.647. The summed E-state index contributed by atoms with van der Waals surface area (Å²) in [6, 6.07) is 22.0. The van der Waals surface area contributed by atoms with Gasteiger partial charge >= 0.3 is 0 Å². The van der Waals surface area contributed by atoms with Crippen molar-refractivity contribution in [2.45, 2.75) is 13.1 Å². The molecule has 0 saturated carbocycles. The summed E-state index contributed by atoms with van der Waals surface area (Å²) in [6.07, 6.45) is 1.07. The van der Waals surface area contributed by atoms with Crippen LogP contribution in [0, 0.1) is 5.82 Å². The predicted molar refractivity (Wildman–Crippen MR) is 116 cm³/mol. The number of amides is 1. The van der Waals surface area contributed by atoms with Crippen LogP contribution in [0.2, 0.25) is 0 Å². The summed E-state index contributed by atoms with van der Waals surface area (Å²) in [5, 5.41) is 0. The van der Waals surface area contributed by atoms with Crippen LogP contribution in [-0.4, -0.2) is 32.5 Å². The van der Waals surface area contributed by atoms with Gasteiger partial charge in [0.1, 0.15) is 5.82 Å². The Hall–Kier alpha value is -3.19. The Balaban J connectivity index is 1.79. The van der Waals surface area contributed by atoms with Crippen LogP contribution in [0.1, 0.15) is 21.5 Å². The van der Waals surface area contributed by atoms with E-state index in [0.717, 1.165) is 16.1 Å². The summed E-state index contributed by atoms with van der Waals surface area (Å²) in [5.41, 5.74) is 2.09. The third kappa shape index (κ3) is 5.24. The molecule has 3 aromatic rings. The zero-order valence-corrected chi connectivity index (χ0v) is 17.6. The lowest BCUT2D eigenvalue weighted by atomic mass is 10.1. The number of nitrogens with zero attached hydrogens (tertiary/aromatic N) is 2. The van der Waals surface area contributed by atoms with Crippen LogP contribution in [0.5, 0.6) is 0 Å². The molecule has 0 N–H and O–H groups in total. The zero-order valence-electron chi connectivity index (χ0n) is 16.8. The highest BCUT2D eigenvalue weighted by atomic mass is 32.2. The second-order valence-electron chi connectivity index (χ2n) is 7.05. The van der Waals surface area contributed by atoms with Crippen molar-refractivity contribution in [1.29, 1.82) is 0 Å². The van der Waals surface area contributed by atoms with Gasteiger partial charge in [0.2, 0.25) is 10.0 Å². The normalized spacial score (nSPS) is 11.2. The van der Waals surface area contributed by atoms with Gasteiger partial charge in [-0.3, -0.25) is 9.10 Å². The largest absolute Gasteiger partial charge is 0.337 e. The van der Waals surface area contributed by atoms with E-state index >= 15 is 0 Å². The van der Waals surface area contributed by atoms with Crippen molar-refractivity contribution in [1.82, 2.24) is 4.90 Å². The van der Waals surface area contributed by atoms with Crippen LogP contribution in [0.25, 0.3) is 0 Å². The van der Waals surface area contributed by atoms with Crippen LogP contribution in [-0.2, 0) is 23.1 Å². The molecule has 3 aromatic carbocycles. The molecule has 1 amide bonds. The van der Waals surface area contributed by atoms with E-state index in [-0.39, 0.29) is 18.0 Å².